The van der Waals surface area contributed by atoms with Crippen LogP contribution in [-0.2, 0) is 9.84 Å². The fourth-order valence-corrected chi connectivity index (χ4v) is 4.79. The summed E-state index contributed by atoms with van der Waals surface area (Å²) in [5.74, 6) is 0.213. The van der Waals surface area contributed by atoms with E-state index < -0.39 is 20.9 Å². The molecule has 2 aromatic heterocycles. The van der Waals surface area contributed by atoms with Gasteiger partial charge in [-0.25, -0.2) is 27.8 Å². The van der Waals surface area contributed by atoms with Crippen LogP contribution in [0.3, 0.4) is 0 Å². The van der Waals surface area contributed by atoms with Gasteiger partial charge in [0.25, 0.3) is 0 Å². The van der Waals surface area contributed by atoms with Crippen molar-refractivity contribution in [1.82, 2.24) is 15.0 Å². The van der Waals surface area contributed by atoms with Gasteiger partial charge < -0.3 is 21.1 Å². The largest absolute Gasteiger partial charge is 0.474 e. The molecule has 1 aliphatic rings. The number of anilines is 4. The van der Waals surface area contributed by atoms with Crippen LogP contribution in [-0.4, -0.2) is 42.8 Å². The number of fused-ring (bicyclic) bond motifs is 2. The minimum atomic E-state index is -3.20. The van der Waals surface area contributed by atoms with Crippen LogP contribution in [0.1, 0.15) is 23.3 Å². The fourth-order valence-electron chi connectivity index (χ4n) is 4.14. The second-order valence-electron chi connectivity index (χ2n) is 8.75. The van der Waals surface area contributed by atoms with Gasteiger partial charge in [0, 0.05) is 47.4 Å². The van der Waals surface area contributed by atoms with Gasteiger partial charge in [-0.15, -0.1) is 0 Å². The third-order valence-corrected chi connectivity index (χ3v) is 7.93. The Morgan fingerprint density at radius 3 is 2.64 bits per heavy atom. The third kappa shape index (κ3) is 4.26. The van der Waals surface area contributed by atoms with Gasteiger partial charge in [-0.05, 0) is 43.2 Å². The van der Waals surface area contributed by atoms with Crippen molar-refractivity contribution in [1.29, 1.82) is 0 Å². The van der Waals surface area contributed by atoms with Crippen LogP contribution >= 0.6 is 0 Å². The number of halogens is 1. The molecule has 4 aromatic rings. The molecule has 0 spiro atoms. The first-order valence-corrected chi connectivity index (χ1v) is 13.3. The van der Waals surface area contributed by atoms with Gasteiger partial charge in [0.1, 0.15) is 12.3 Å². The van der Waals surface area contributed by atoms with Crippen molar-refractivity contribution >= 4 is 43.8 Å². The van der Waals surface area contributed by atoms with Crippen LogP contribution in [0.25, 0.3) is 22.0 Å². The lowest BCUT2D eigenvalue weighted by molar-refractivity contribution is 0.310. The Labute approximate surface area is 207 Å². The summed E-state index contributed by atoms with van der Waals surface area (Å²) in [7, 11) is -3.20. The molecule has 0 fully saturated rings. The molecular formula is C25H25FN6O3S. The van der Waals surface area contributed by atoms with E-state index >= 15 is 4.39 Å². The Balaban J connectivity index is 1.50. The van der Waals surface area contributed by atoms with Gasteiger partial charge in [-0.2, -0.15) is 0 Å². The van der Waals surface area contributed by atoms with Gasteiger partial charge in [-0.1, -0.05) is 12.1 Å². The zero-order valence-corrected chi connectivity index (χ0v) is 20.8. The van der Waals surface area contributed by atoms with Crippen molar-refractivity contribution in [2.45, 2.75) is 19.1 Å². The molecule has 1 aliphatic heterocycles. The molecule has 1 unspecified atom stereocenters. The second kappa shape index (κ2) is 8.90. The highest BCUT2D eigenvalue weighted by molar-refractivity contribution is 7.90. The van der Waals surface area contributed by atoms with Crippen molar-refractivity contribution in [3.8, 4) is 17.0 Å². The Morgan fingerprint density at radius 2 is 1.92 bits per heavy atom. The fraction of sp³-hybridized carbons (Fsp3) is 0.240. The maximum Gasteiger partial charge on any atom is 0.237 e. The molecule has 0 saturated heterocycles. The van der Waals surface area contributed by atoms with Crippen molar-refractivity contribution in [2.75, 3.05) is 35.8 Å². The smallest absolute Gasteiger partial charge is 0.237 e. The number of aromatic nitrogens is 3. The lowest BCUT2D eigenvalue weighted by Gasteiger charge is -2.22. The standard InChI is InChI=1S/C25H25FN6O3S/c1-13-18(11-29-24-23(13)28-8-9-35-24)17-10-20-19(22(27)21(17)26)12-30-25(32-20)31-16-6-4-15(5-7-16)14(2)36(3,33)34/h4-7,10-12,14,28H,8-9,27H2,1-3H3,(H,30,31,32). The third-order valence-electron chi connectivity index (χ3n) is 6.38. The second-order valence-corrected chi connectivity index (χ2v) is 11.1. The maximum atomic E-state index is 15.3. The number of nitrogens with one attached hydrogen (secondary N) is 2. The normalized spacial score (nSPS) is 14.0. The van der Waals surface area contributed by atoms with E-state index in [1.807, 2.05) is 6.92 Å². The highest BCUT2D eigenvalue weighted by Crippen LogP contribution is 2.39. The average molecular weight is 509 g/mol. The first-order valence-electron chi connectivity index (χ1n) is 11.3. The van der Waals surface area contributed by atoms with Gasteiger partial charge in [-0.3, -0.25) is 0 Å². The molecule has 9 nitrogen and oxygen atoms in total. The number of sulfone groups is 1. The molecule has 4 N–H and O–H groups in total. The number of hydrogen-bond donors (Lipinski definition) is 3. The average Bonchev–Trinajstić information content (AvgIpc) is 2.86. The van der Waals surface area contributed by atoms with Crippen LogP contribution in [0, 0.1) is 12.7 Å². The topological polar surface area (TPSA) is 132 Å². The van der Waals surface area contributed by atoms with E-state index in [2.05, 4.69) is 25.6 Å². The summed E-state index contributed by atoms with van der Waals surface area (Å²) < 4.78 is 44.6. The number of rotatable bonds is 5. The molecule has 11 heteroatoms. The number of ether oxygens (including phenoxy) is 1. The van der Waals surface area contributed by atoms with E-state index in [1.165, 1.54) is 12.5 Å². The summed E-state index contributed by atoms with van der Waals surface area (Å²) in [4.78, 5) is 13.2. The van der Waals surface area contributed by atoms with Crippen LogP contribution in [0.4, 0.5) is 27.4 Å². The Bertz CT molecular complexity index is 1590. The van der Waals surface area contributed by atoms with Gasteiger partial charge in [0.2, 0.25) is 11.8 Å². The van der Waals surface area contributed by atoms with E-state index in [0.717, 1.165) is 11.3 Å². The van der Waals surface area contributed by atoms with Crippen molar-refractivity contribution in [3.05, 3.63) is 59.7 Å². The number of nitrogen functional groups attached to an aromatic ring is 1. The summed E-state index contributed by atoms with van der Waals surface area (Å²) in [5, 5.41) is 6.14. The minimum absolute atomic E-state index is 0.0468. The molecule has 0 aliphatic carbocycles. The zero-order valence-electron chi connectivity index (χ0n) is 20.0. The quantitative estimate of drug-likeness (QED) is 0.336. The Morgan fingerprint density at radius 1 is 1.17 bits per heavy atom. The lowest BCUT2D eigenvalue weighted by Crippen LogP contribution is -2.20. The molecule has 0 bridgehead atoms. The van der Waals surface area contributed by atoms with Gasteiger partial charge >= 0.3 is 0 Å². The lowest BCUT2D eigenvalue weighted by atomic mass is 9.98. The van der Waals surface area contributed by atoms with E-state index in [0.29, 0.717) is 52.7 Å². The molecule has 3 heterocycles. The van der Waals surface area contributed by atoms with Crippen molar-refractivity contribution in [2.24, 2.45) is 0 Å². The van der Waals surface area contributed by atoms with Crippen molar-refractivity contribution in [3.63, 3.8) is 0 Å². The number of benzene rings is 2. The van der Waals surface area contributed by atoms with E-state index in [-0.39, 0.29) is 11.3 Å². The van der Waals surface area contributed by atoms with E-state index in [1.54, 1.807) is 43.5 Å². The molecule has 2 aromatic carbocycles. The Kier molecular flexibility index (Phi) is 5.87. The maximum absolute atomic E-state index is 15.3. The monoisotopic (exact) mass is 508 g/mol. The number of nitrogens with two attached hydrogens (primary N) is 1. The number of nitrogens with zero attached hydrogens (tertiary/aromatic N) is 3. The van der Waals surface area contributed by atoms with Crippen LogP contribution in [0.15, 0.2) is 42.7 Å². The van der Waals surface area contributed by atoms with Crippen LogP contribution in [0.2, 0.25) is 0 Å². The molecular weight excluding hydrogens is 483 g/mol. The first kappa shape index (κ1) is 23.7. The molecule has 36 heavy (non-hydrogen) atoms. The van der Waals surface area contributed by atoms with Crippen molar-refractivity contribution < 1.29 is 17.5 Å². The molecule has 0 saturated carbocycles. The summed E-state index contributed by atoms with van der Waals surface area (Å²) in [6.07, 6.45) is 4.26. The SMILES string of the molecule is Cc1c(-c2cc3nc(Nc4ccc(C(C)S(C)(=O)=O)cc4)ncc3c(N)c2F)cnc2c1NCCO2. The van der Waals surface area contributed by atoms with E-state index in [9.17, 15) is 8.42 Å². The van der Waals surface area contributed by atoms with Crippen LogP contribution < -0.4 is 21.1 Å². The molecule has 186 valence electrons. The summed E-state index contributed by atoms with van der Waals surface area (Å²) in [5.41, 5.74) is 10.3. The molecule has 1 atom stereocenters. The molecule has 0 amide bonds. The summed E-state index contributed by atoms with van der Waals surface area (Å²) in [6.45, 7) is 4.67. The molecule has 0 radical (unpaired) electrons. The van der Waals surface area contributed by atoms with Crippen LogP contribution in [0.5, 0.6) is 5.88 Å². The summed E-state index contributed by atoms with van der Waals surface area (Å²) >= 11 is 0. The minimum Gasteiger partial charge on any atom is -0.474 e. The Hall–Kier alpha value is -3.99. The first-order chi connectivity index (χ1) is 17.1. The molecule has 5 rings (SSSR count). The predicted octanol–water partition coefficient (Wildman–Crippen LogP) is 4.38. The highest BCUT2D eigenvalue weighted by atomic mass is 32.2. The van der Waals surface area contributed by atoms with E-state index in [4.69, 9.17) is 10.5 Å². The summed E-state index contributed by atoms with van der Waals surface area (Å²) in [6, 6.07) is 8.62. The van der Waals surface area contributed by atoms with Gasteiger partial charge in [0.15, 0.2) is 15.7 Å². The highest BCUT2D eigenvalue weighted by Gasteiger charge is 2.21. The van der Waals surface area contributed by atoms with Gasteiger partial charge in [0.05, 0.1) is 16.5 Å². The zero-order chi connectivity index (χ0) is 25.6. The number of hydrogen-bond acceptors (Lipinski definition) is 9. The predicted molar refractivity (Wildman–Crippen MR) is 139 cm³/mol. The number of pyridine rings is 1.